The fraction of sp³-hybridized carbons (Fsp3) is 0.333. The third-order valence-corrected chi connectivity index (χ3v) is 4.62. The van der Waals surface area contributed by atoms with E-state index in [2.05, 4.69) is 20.6 Å². The molecule has 134 valence electrons. The highest BCUT2D eigenvalue weighted by Gasteiger charge is 2.44. The highest BCUT2D eigenvalue weighted by Crippen LogP contribution is 2.28. The number of hydrogen-bond donors (Lipinski definition) is 2. The summed E-state index contributed by atoms with van der Waals surface area (Å²) in [7, 11) is 0. The molecule has 0 saturated carbocycles. The predicted octanol–water partition coefficient (Wildman–Crippen LogP) is 1.93. The molecule has 2 aromatic rings. The van der Waals surface area contributed by atoms with E-state index in [-0.39, 0.29) is 5.91 Å². The van der Waals surface area contributed by atoms with E-state index >= 15 is 0 Å². The van der Waals surface area contributed by atoms with Gasteiger partial charge in [0.15, 0.2) is 0 Å². The Balaban J connectivity index is 1.44. The minimum atomic E-state index is -0.610. The molecule has 2 aliphatic heterocycles. The van der Waals surface area contributed by atoms with Gasteiger partial charge in [-0.25, -0.2) is 14.8 Å². The molecule has 0 radical (unpaired) electrons. The van der Waals surface area contributed by atoms with Gasteiger partial charge in [-0.2, -0.15) is 0 Å². The fourth-order valence-electron chi connectivity index (χ4n) is 3.34. The zero-order chi connectivity index (χ0) is 18.0. The van der Waals surface area contributed by atoms with Crippen LogP contribution in [0.4, 0.5) is 16.4 Å². The number of nitrogens with one attached hydrogen (secondary N) is 2. The second kappa shape index (κ2) is 6.62. The van der Waals surface area contributed by atoms with Crippen molar-refractivity contribution < 1.29 is 14.3 Å². The lowest BCUT2D eigenvalue weighted by Crippen LogP contribution is -2.52. The zero-order valence-electron chi connectivity index (χ0n) is 14.1. The maximum Gasteiger partial charge on any atom is 0.407 e. The van der Waals surface area contributed by atoms with E-state index in [4.69, 9.17) is 4.74 Å². The third-order valence-electron chi connectivity index (χ3n) is 4.62. The number of anilines is 2. The minimum absolute atomic E-state index is 0.154. The summed E-state index contributed by atoms with van der Waals surface area (Å²) in [5.41, 5.74) is 0.679. The molecule has 1 aromatic heterocycles. The number of carbonyl (C=O) groups excluding carboxylic acids is 2. The highest BCUT2D eigenvalue weighted by atomic mass is 16.6. The Morgan fingerprint density at radius 1 is 1.23 bits per heavy atom. The number of benzene rings is 1. The monoisotopic (exact) mass is 353 g/mol. The van der Waals surface area contributed by atoms with Crippen LogP contribution in [0.25, 0.3) is 0 Å². The highest BCUT2D eigenvalue weighted by molar-refractivity contribution is 5.94. The number of para-hydroxylation sites is 1. The smallest absolute Gasteiger partial charge is 0.407 e. The average Bonchev–Trinajstić information content (AvgIpc) is 3.02. The molecule has 1 atom stereocenters. The van der Waals surface area contributed by atoms with Gasteiger partial charge in [0.2, 0.25) is 5.95 Å². The first kappa shape index (κ1) is 16.3. The maximum absolute atomic E-state index is 12.8. The summed E-state index contributed by atoms with van der Waals surface area (Å²) >= 11 is 0. The van der Waals surface area contributed by atoms with E-state index in [1.807, 2.05) is 30.3 Å². The lowest BCUT2D eigenvalue weighted by molar-refractivity contribution is -0.00507. The second-order valence-electron chi connectivity index (χ2n) is 6.54. The van der Waals surface area contributed by atoms with Crippen LogP contribution in [0.3, 0.4) is 0 Å². The molecule has 8 nitrogen and oxygen atoms in total. The van der Waals surface area contributed by atoms with Crippen molar-refractivity contribution in [1.29, 1.82) is 0 Å². The standard InChI is InChI=1S/C18H19N5O3/c24-15(23-8-4-7-18(12-23)11-21-17(25)26-18)13-9-19-16(20-10-13)22-14-5-2-1-3-6-14/h1-3,5-6,9-10H,4,7-8,11-12H2,(H,21,25)(H,19,20,22)/t18-/m1/s1. The van der Waals surface area contributed by atoms with Crippen LogP contribution in [-0.2, 0) is 4.74 Å². The summed E-state index contributed by atoms with van der Waals surface area (Å²) in [4.78, 5) is 34.3. The summed E-state index contributed by atoms with van der Waals surface area (Å²) in [5.74, 6) is 0.273. The minimum Gasteiger partial charge on any atom is -0.439 e. The van der Waals surface area contributed by atoms with Gasteiger partial charge in [-0.1, -0.05) is 18.2 Å². The Bertz CT molecular complexity index is 811. The summed E-state index contributed by atoms with van der Waals surface area (Å²) < 4.78 is 5.41. The molecular formula is C18H19N5O3. The number of hydrogen-bond acceptors (Lipinski definition) is 6. The van der Waals surface area contributed by atoms with Crippen molar-refractivity contribution >= 4 is 23.6 Å². The number of rotatable bonds is 3. The Morgan fingerprint density at radius 3 is 2.69 bits per heavy atom. The lowest BCUT2D eigenvalue weighted by Gasteiger charge is -2.38. The van der Waals surface area contributed by atoms with Gasteiger partial charge in [0.05, 0.1) is 18.7 Å². The number of nitrogens with zero attached hydrogens (tertiary/aromatic N) is 3. The molecule has 8 heteroatoms. The molecule has 2 saturated heterocycles. The first-order valence-electron chi connectivity index (χ1n) is 8.54. The molecular weight excluding hydrogens is 334 g/mol. The van der Waals surface area contributed by atoms with E-state index < -0.39 is 11.7 Å². The van der Waals surface area contributed by atoms with Crippen molar-refractivity contribution in [1.82, 2.24) is 20.2 Å². The molecule has 26 heavy (non-hydrogen) atoms. The Labute approximate surface area is 150 Å². The van der Waals surface area contributed by atoms with E-state index in [0.717, 1.165) is 18.5 Å². The van der Waals surface area contributed by atoms with E-state index in [9.17, 15) is 9.59 Å². The van der Waals surface area contributed by atoms with E-state index in [1.54, 1.807) is 4.90 Å². The van der Waals surface area contributed by atoms with Gasteiger partial charge in [-0.05, 0) is 25.0 Å². The first-order valence-corrected chi connectivity index (χ1v) is 8.54. The molecule has 0 unspecified atom stereocenters. The number of amides is 2. The number of carbonyl (C=O) groups is 2. The molecule has 4 rings (SSSR count). The largest absolute Gasteiger partial charge is 0.439 e. The molecule has 2 N–H and O–H groups in total. The summed E-state index contributed by atoms with van der Waals surface area (Å²) in [6.07, 6.45) is 4.15. The fourth-order valence-corrected chi connectivity index (χ4v) is 3.34. The van der Waals surface area contributed by atoms with Crippen LogP contribution in [0.2, 0.25) is 0 Å². The maximum atomic E-state index is 12.8. The van der Waals surface area contributed by atoms with Gasteiger partial charge in [-0.15, -0.1) is 0 Å². The van der Waals surface area contributed by atoms with Gasteiger partial charge >= 0.3 is 6.09 Å². The van der Waals surface area contributed by atoms with Crippen molar-refractivity contribution in [2.75, 3.05) is 25.0 Å². The van der Waals surface area contributed by atoms with Crippen LogP contribution in [0.5, 0.6) is 0 Å². The van der Waals surface area contributed by atoms with Crippen LogP contribution in [0.15, 0.2) is 42.7 Å². The van der Waals surface area contributed by atoms with Crippen molar-refractivity contribution in [2.24, 2.45) is 0 Å². The second-order valence-corrected chi connectivity index (χ2v) is 6.54. The Kier molecular flexibility index (Phi) is 4.16. The van der Waals surface area contributed by atoms with Gasteiger partial charge in [0.25, 0.3) is 5.91 Å². The van der Waals surface area contributed by atoms with Crippen molar-refractivity contribution in [3.05, 3.63) is 48.3 Å². The van der Waals surface area contributed by atoms with Gasteiger partial charge in [-0.3, -0.25) is 4.79 Å². The quantitative estimate of drug-likeness (QED) is 0.875. The van der Waals surface area contributed by atoms with Gasteiger partial charge in [0.1, 0.15) is 5.60 Å². The molecule has 2 aliphatic rings. The topological polar surface area (TPSA) is 96.5 Å². The summed E-state index contributed by atoms with van der Waals surface area (Å²) in [6.45, 7) is 1.45. The number of piperidine rings is 1. The van der Waals surface area contributed by atoms with Gasteiger partial charge < -0.3 is 20.3 Å². The van der Waals surface area contributed by atoms with Crippen molar-refractivity contribution in [3.63, 3.8) is 0 Å². The van der Waals surface area contributed by atoms with E-state index in [0.29, 0.717) is 31.1 Å². The number of alkyl carbamates (subject to hydrolysis) is 1. The average molecular weight is 353 g/mol. The van der Waals surface area contributed by atoms with Crippen LogP contribution in [-0.4, -0.2) is 52.1 Å². The Morgan fingerprint density at radius 2 is 2.00 bits per heavy atom. The summed E-state index contributed by atoms with van der Waals surface area (Å²) in [6, 6.07) is 9.57. The summed E-state index contributed by atoms with van der Waals surface area (Å²) in [5, 5.41) is 5.76. The molecule has 2 amide bonds. The SMILES string of the molecule is O=C1NC[C@@]2(CCCN(C(=O)c3cnc(Nc4ccccc4)nc3)C2)O1. The van der Waals surface area contributed by atoms with Gasteiger partial charge in [0, 0.05) is 24.6 Å². The normalized spacial score (nSPS) is 22.0. The van der Waals surface area contributed by atoms with Crippen molar-refractivity contribution in [3.8, 4) is 0 Å². The van der Waals surface area contributed by atoms with Crippen molar-refractivity contribution in [2.45, 2.75) is 18.4 Å². The molecule has 1 spiro atoms. The number of ether oxygens (including phenoxy) is 1. The molecule has 0 aliphatic carbocycles. The molecule has 0 bridgehead atoms. The Hall–Kier alpha value is -3.16. The first-order chi connectivity index (χ1) is 12.6. The van der Waals surface area contributed by atoms with Crippen LogP contribution < -0.4 is 10.6 Å². The van der Waals surface area contributed by atoms with Crippen LogP contribution in [0, 0.1) is 0 Å². The molecule has 1 aromatic carbocycles. The number of aromatic nitrogens is 2. The predicted molar refractivity (Wildman–Crippen MR) is 94.1 cm³/mol. The third kappa shape index (κ3) is 3.30. The lowest BCUT2D eigenvalue weighted by atomic mass is 9.93. The molecule has 3 heterocycles. The zero-order valence-corrected chi connectivity index (χ0v) is 14.1. The molecule has 2 fully saturated rings. The van der Waals surface area contributed by atoms with Crippen LogP contribution >= 0.6 is 0 Å². The van der Waals surface area contributed by atoms with Crippen LogP contribution in [0.1, 0.15) is 23.2 Å². The van der Waals surface area contributed by atoms with E-state index in [1.165, 1.54) is 12.4 Å². The number of likely N-dealkylation sites (tertiary alicyclic amines) is 1.